The molecule has 2 heteroatoms. The van der Waals surface area contributed by atoms with Crippen LogP contribution in [0.3, 0.4) is 0 Å². The van der Waals surface area contributed by atoms with Gasteiger partial charge in [0.2, 0.25) is 0 Å². The van der Waals surface area contributed by atoms with E-state index in [1.54, 1.807) is 0 Å². The molecule has 0 heterocycles. The molecule has 2 nitrogen and oxygen atoms in total. The fourth-order valence-electron chi connectivity index (χ4n) is 1.63. The quantitative estimate of drug-likeness (QED) is 0.829. The number of benzene rings is 1. The molecule has 1 rings (SSSR count). The van der Waals surface area contributed by atoms with Gasteiger partial charge in [-0.25, -0.2) is 0 Å². The van der Waals surface area contributed by atoms with Crippen molar-refractivity contribution in [1.82, 2.24) is 0 Å². The van der Waals surface area contributed by atoms with E-state index in [0.29, 0.717) is 6.61 Å². The van der Waals surface area contributed by atoms with Crippen molar-refractivity contribution < 1.29 is 4.74 Å². The molecule has 0 amide bonds. The summed E-state index contributed by atoms with van der Waals surface area (Å²) in [6.45, 7) is 8.98. The average Bonchev–Trinajstić information content (AvgIpc) is 2.28. The van der Waals surface area contributed by atoms with Crippen LogP contribution >= 0.6 is 0 Å². The summed E-state index contributed by atoms with van der Waals surface area (Å²) in [7, 11) is 0. The van der Waals surface area contributed by atoms with Crippen LogP contribution in [0.25, 0.3) is 0 Å². The zero-order chi connectivity index (χ0) is 12.1. The first-order valence-corrected chi connectivity index (χ1v) is 5.99. The molecule has 0 aromatic heterocycles. The molecule has 2 unspecified atom stereocenters. The van der Waals surface area contributed by atoms with Gasteiger partial charge in [-0.15, -0.1) is 0 Å². The van der Waals surface area contributed by atoms with Crippen LogP contribution in [-0.4, -0.2) is 12.7 Å². The van der Waals surface area contributed by atoms with E-state index >= 15 is 0 Å². The van der Waals surface area contributed by atoms with Gasteiger partial charge in [0.05, 0.1) is 18.8 Å². The third-order valence-corrected chi connectivity index (χ3v) is 2.97. The summed E-state index contributed by atoms with van der Waals surface area (Å²) >= 11 is 0. The van der Waals surface area contributed by atoms with Crippen LogP contribution < -0.4 is 5.73 Å². The van der Waals surface area contributed by atoms with Gasteiger partial charge in [0.1, 0.15) is 0 Å². The van der Waals surface area contributed by atoms with E-state index in [1.807, 2.05) is 0 Å². The maximum Gasteiger partial charge on any atom is 0.0663 e. The number of ether oxygens (including phenoxy) is 1. The van der Waals surface area contributed by atoms with Crippen LogP contribution in [-0.2, 0) is 4.74 Å². The first-order valence-electron chi connectivity index (χ1n) is 5.99. The zero-order valence-electron chi connectivity index (χ0n) is 10.8. The van der Waals surface area contributed by atoms with Gasteiger partial charge in [0.25, 0.3) is 0 Å². The van der Waals surface area contributed by atoms with Crippen molar-refractivity contribution in [2.45, 2.75) is 46.3 Å². The molecular formula is C14H23NO. The van der Waals surface area contributed by atoms with E-state index in [-0.39, 0.29) is 12.1 Å². The molecule has 1 aromatic rings. The van der Waals surface area contributed by atoms with Crippen LogP contribution in [0.15, 0.2) is 18.2 Å². The Morgan fingerprint density at radius 2 is 2.00 bits per heavy atom. The average molecular weight is 221 g/mol. The Kier molecular flexibility index (Phi) is 4.97. The molecule has 0 bridgehead atoms. The topological polar surface area (TPSA) is 35.2 Å². The molecule has 0 aliphatic heterocycles. The molecule has 0 saturated carbocycles. The van der Waals surface area contributed by atoms with Crippen LogP contribution in [0.4, 0.5) is 0 Å². The normalized spacial score (nSPS) is 14.8. The van der Waals surface area contributed by atoms with Gasteiger partial charge in [-0.1, -0.05) is 30.7 Å². The van der Waals surface area contributed by atoms with E-state index in [9.17, 15) is 0 Å². The minimum Gasteiger partial charge on any atom is -0.377 e. The van der Waals surface area contributed by atoms with Crippen molar-refractivity contribution in [3.8, 4) is 0 Å². The summed E-state index contributed by atoms with van der Waals surface area (Å²) in [6, 6.07) is 6.36. The van der Waals surface area contributed by atoms with Crippen LogP contribution in [0.2, 0.25) is 0 Å². The van der Waals surface area contributed by atoms with E-state index in [2.05, 4.69) is 45.9 Å². The second-order valence-electron chi connectivity index (χ2n) is 4.52. The highest BCUT2D eigenvalue weighted by atomic mass is 16.5. The Labute approximate surface area is 98.8 Å². The lowest BCUT2D eigenvalue weighted by molar-refractivity contribution is 0.0538. The maximum absolute atomic E-state index is 6.14. The SMILES string of the molecule is CCC(C)OCC(N)c1cc(C)ccc1C. The van der Waals surface area contributed by atoms with Crippen molar-refractivity contribution in [2.24, 2.45) is 5.73 Å². The number of nitrogens with two attached hydrogens (primary N) is 1. The lowest BCUT2D eigenvalue weighted by atomic mass is 10.00. The first-order chi connectivity index (χ1) is 7.54. The van der Waals surface area contributed by atoms with Crippen molar-refractivity contribution in [1.29, 1.82) is 0 Å². The summed E-state index contributed by atoms with van der Waals surface area (Å²) in [4.78, 5) is 0. The number of rotatable bonds is 5. The monoisotopic (exact) mass is 221 g/mol. The largest absolute Gasteiger partial charge is 0.377 e. The molecule has 0 aliphatic rings. The second-order valence-corrected chi connectivity index (χ2v) is 4.52. The van der Waals surface area contributed by atoms with Crippen molar-refractivity contribution in [3.05, 3.63) is 34.9 Å². The molecule has 0 aliphatic carbocycles. The van der Waals surface area contributed by atoms with Crippen LogP contribution in [0.5, 0.6) is 0 Å². The van der Waals surface area contributed by atoms with E-state index in [0.717, 1.165) is 6.42 Å². The molecule has 1 aromatic carbocycles. The second kappa shape index (κ2) is 6.02. The summed E-state index contributed by atoms with van der Waals surface area (Å²) in [5.41, 5.74) is 9.83. The van der Waals surface area contributed by atoms with Crippen LogP contribution in [0, 0.1) is 13.8 Å². The van der Waals surface area contributed by atoms with Gasteiger partial charge in [-0.05, 0) is 38.3 Å². The van der Waals surface area contributed by atoms with Gasteiger partial charge in [-0.2, -0.15) is 0 Å². The van der Waals surface area contributed by atoms with Gasteiger partial charge < -0.3 is 10.5 Å². The highest BCUT2D eigenvalue weighted by molar-refractivity contribution is 5.32. The van der Waals surface area contributed by atoms with Gasteiger partial charge in [0, 0.05) is 0 Å². The van der Waals surface area contributed by atoms with Crippen molar-refractivity contribution in [3.63, 3.8) is 0 Å². The van der Waals surface area contributed by atoms with Crippen LogP contribution in [0.1, 0.15) is 43.0 Å². The van der Waals surface area contributed by atoms with Gasteiger partial charge >= 0.3 is 0 Å². The lowest BCUT2D eigenvalue weighted by Crippen LogP contribution is -2.21. The molecular weight excluding hydrogens is 198 g/mol. The molecule has 0 radical (unpaired) electrons. The third-order valence-electron chi connectivity index (χ3n) is 2.97. The molecule has 0 spiro atoms. The molecule has 16 heavy (non-hydrogen) atoms. The fraction of sp³-hybridized carbons (Fsp3) is 0.571. The summed E-state index contributed by atoms with van der Waals surface area (Å²) in [6.07, 6.45) is 1.32. The molecule has 0 saturated heterocycles. The minimum atomic E-state index is -0.0195. The molecule has 90 valence electrons. The summed E-state index contributed by atoms with van der Waals surface area (Å²) in [5, 5.41) is 0. The van der Waals surface area contributed by atoms with Gasteiger partial charge in [0.15, 0.2) is 0 Å². The van der Waals surface area contributed by atoms with Crippen molar-refractivity contribution in [2.75, 3.05) is 6.61 Å². The Morgan fingerprint density at radius 3 is 2.62 bits per heavy atom. The molecule has 2 N–H and O–H groups in total. The third kappa shape index (κ3) is 3.62. The molecule has 0 fully saturated rings. The minimum absolute atomic E-state index is 0.0195. The highest BCUT2D eigenvalue weighted by Gasteiger charge is 2.10. The Morgan fingerprint density at radius 1 is 1.31 bits per heavy atom. The maximum atomic E-state index is 6.14. The number of hydrogen-bond acceptors (Lipinski definition) is 2. The van der Waals surface area contributed by atoms with E-state index in [1.165, 1.54) is 16.7 Å². The predicted octanol–water partition coefficient (Wildman–Crippen LogP) is 3.12. The standard InChI is InChI=1S/C14H23NO/c1-5-12(4)16-9-14(15)13-8-10(2)6-7-11(13)3/h6-8,12,14H,5,9,15H2,1-4H3. The number of hydrogen-bond donors (Lipinski definition) is 1. The lowest BCUT2D eigenvalue weighted by Gasteiger charge is -2.18. The first kappa shape index (κ1) is 13.2. The Balaban J connectivity index is 2.65. The van der Waals surface area contributed by atoms with Gasteiger partial charge in [-0.3, -0.25) is 0 Å². The predicted molar refractivity (Wildman–Crippen MR) is 68.5 cm³/mol. The Bertz CT molecular complexity index is 336. The number of aryl methyl sites for hydroxylation is 2. The van der Waals surface area contributed by atoms with E-state index < -0.39 is 0 Å². The Hall–Kier alpha value is -0.860. The fourth-order valence-corrected chi connectivity index (χ4v) is 1.63. The molecule has 2 atom stereocenters. The zero-order valence-corrected chi connectivity index (χ0v) is 10.8. The highest BCUT2D eigenvalue weighted by Crippen LogP contribution is 2.18. The smallest absolute Gasteiger partial charge is 0.0663 e. The van der Waals surface area contributed by atoms with E-state index in [4.69, 9.17) is 10.5 Å². The van der Waals surface area contributed by atoms with Crippen molar-refractivity contribution >= 4 is 0 Å². The summed E-state index contributed by atoms with van der Waals surface area (Å²) in [5.74, 6) is 0. The summed E-state index contributed by atoms with van der Waals surface area (Å²) < 4.78 is 5.68.